The first-order valence-corrected chi connectivity index (χ1v) is 7.66. The van der Waals surface area contributed by atoms with Gasteiger partial charge in [0.2, 0.25) is 0 Å². The van der Waals surface area contributed by atoms with Crippen LogP contribution < -0.4 is 5.32 Å². The minimum absolute atomic E-state index is 0.360. The molecule has 106 valence electrons. The topological polar surface area (TPSA) is 12.0 Å². The zero-order valence-corrected chi connectivity index (χ0v) is 13.1. The monoisotopic (exact) mass is 307 g/mol. The van der Waals surface area contributed by atoms with Gasteiger partial charge in [0.15, 0.2) is 0 Å². The molecule has 20 heavy (non-hydrogen) atoms. The molecule has 3 heteroatoms. The molecule has 0 aliphatic heterocycles. The van der Waals surface area contributed by atoms with Crippen molar-refractivity contribution in [3.63, 3.8) is 0 Å². The fourth-order valence-electron chi connectivity index (χ4n) is 2.38. The van der Waals surface area contributed by atoms with E-state index in [4.69, 9.17) is 23.2 Å². The van der Waals surface area contributed by atoms with Gasteiger partial charge in [0.1, 0.15) is 0 Å². The second-order valence-corrected chi connectivity index (χ2v) is 5.73. The van der Waals surface area contributed by atoms with E-state index in [1.807, 2.05) is 36.4 Å². The summed E-state index contributed by atoms with van der Waals surface area (Å²) in [6.45, 7) is 3.06. The lowest BCUT2D eigenvalue weighted by Gasteiger charge is -2.19. The first-order valence-electron chi connectivity index (χ1n) is 6.90. The van der Waals surface area contributed by atoms with Gasteiger partial charge in [-0.1, -0.05) is 60.5 Å². The molecule has 0 aliphatic rings. The van der Waals surface area contributed by atoms with Gasteiger partial charge >= 0.3 is 0 Å². The Labute approximate surface area is 130 Å². The molecule has 0 bridgehead atoms. The van der Waals surface area contributed by atoms with Crippen LogP contribution in [0.15, 0.2) is 48.5 Å². The second kappa shape index (κ2) is 7.68. The molecule has 0 spiro atoms. The molecule has 0 fully saturated rings. The van der Waals surface area contributed by atoms with Gasteiger partial charge in [-0.15, -0.1) is 0 Å². The van der Waals surface area contributed by atoms with Crippen molar-refractivity contribution in [1.29, 1.82) is 0 Å². The molecule has 2 rings (SSSR count). The minimum Gasteiger partial charge on any atom is -0.314 e. The molecule has 0 aliphatic carbocycles. The quantitative estimate of drug-likeness (QED) is 0.811. The van der Waals surface area contributed by atoms with E-state index in [1.54, 1.807) is 0 Å². The van der Waals surface area contributed by atoms with E-state index in [0.29, 0.717) is 6.04 Å². The number of hydrogen-bond donors (Lipinski definition) is 1. The number of halogens is 2. The maximum absolute atomic E-state index is 6.25. The van der Waals surface area contributed by atoms with E-state index in [-0.39, 0.29) is 0 Å². The van der Waals surface area contributed by atoms with E-state index >= 15 is 0 Å². The zero-order valence-electron chi connectivity index (χ0n) is 11.6. The summed E-state index contributed by atoms with van der Waals surface area (Å²) < 4.78 is 0. The molecule has 0 amide bonds. The number of hydrogen-bond acceptors (Lipinski definition) is 1. The summed E-state index contributed by atoms with van der Waals surface area (Å²) in [5.41, 5.74) is 2.43. The molecular formula is C17H19Cl2N. The standard InChI is InChI=1S/C17H19Cl2N/c1-2-20-16(11-13-6-5-8-15(18)10-13)12-14-7-3-4-9-17(14)19/h3-10,16,20H,2,11-12H2,1H3. The SMILES string of the molecule is CCNC(Cc1cccc(Cl)c1)Cc1ccccc1Cl. The van der Waals surface area contributed by atoms with Crippen LogP contribution >= 0.6 is 23.2 Å². The van der Waals surface area contributed by atoms with E-state index in [2.05, 4.69) is 24.4 Å². The van der Waals surface area contributed by atoms with Crippen LogP contribution in [0.5, 0.6) is 0 Å². The van der Waals surface area contributed by atoms with Crippen molar-refractivity contribution >= 4 is 23.2 Å². The lowest BCUT2D eigenvalue weighted by molar-refractivity contribution is 0.521. The van der Waals surface area contributed by atoms with Crippen LogP contribution in [-0.4, -0.2) is 12.6 Å². The van der Waals surface area contributed by atoms with Crippen LogP contribution in [0.3, 0.4) is 0 Å². The highest BCUT2D eigenvalue weighted by molar-refractivity contribution is 6.31. The van der Waals surface area contributed by atoms with Crippen molar-refractivity contribution in [3.8, 4) is 0 Å². The van der Waals surface area contributed by atoms with Crippen LogP contribution in [0, 0.1) is 0 Å². The number of benzene rings is 2. The van der Waals surface area contributed by atoms with Gasteiger partial charge in [0.25, 0.3) is 0 Å². The summed E-state index contributed by atoms with van der Waals surface area (Å²) in [5, 5.41) is 5.15. The largest absolute Gasteiger partial charge is 0.314 e. The third kappa shape index (κ3) is 4.52. The van der Waals surface area contributed by atoms with E-state index < -0.39 is 0 Å². The molecule has 1 N–H and O–H groups in total. The molecule has 0 radical (unpaired) electrons. The van der Waals surface area contributed by atoms with Gasteiger partial charge in [-0.2, -0.15) is 0 Å². The predicted molar refractivity (Wildman–Crippen MR) is 87.8 cm³/mol. The smallest absolute Gasteiger partial charge is 0.0438 e. The second-order valence-electron chi connectivity index (χ2n) is 4.88. The first kappa shape index (κ1) is 15.4. The Hall–Kier alpha value is -1.02. The Kier molecular flexibility index (Phi) is 5.90. The normalized spacial score (nSPS) is 12.3. The average Bonchev–Trinajstić information content (AvgIpc) is 2.42. The summed E-state index contributed by atoms with van der Waals surface area (Å²) in [7, 11) is 0. The number of nitrogens with one attached hydrogen (secondary N) is 1. The molecule has 0 saturated carbocycles. The molecule has 2 aromatic rings. The molecule has 1 nitrogen and oxygen atoms in total. The van der Waals surface area contributed by atoms with Crippen molar-refractivity contribution in [2.24, 2.45) is 0 Å². The molecule has 2 aromatic carbocycles. The lowest BCUT2D eigenvalue weighted by Crippen LogP contribution is -2.33. The van der Waals surface area contributed by atoms with Crippen LogP contribution in [0.25, 0.3) is 0 Å². The highest BCUT2D eigenvalue weighted by Crippen LogP contribution is 2.19. The third-order valence-electron chi connectivity index (χ3n) is 3.29. The van der Waals surface area contributed by atoms with E-state index in [1.165, 1.54) is 11.1 Å². The summed E-state index contributed by atoms with van der Waals surface area (Å²) in [5.74, 6) is 0. The Morgan fingerprint density at radius 1 is 1.00 bits per heavy atom. The van der Waals surface area contributed by atoms with Gasteiger partial charge in [0.05, 0.1) is 0 Å². The minimum atomic E-state index is 0.360. The van der Waals surface area contributed by atoms with E-state index in [0.717, 1.165) is 29.4 Å². The fraction of sp³-hybridized carbons (Fsp3) is 0.294. The summed E-state index contributed by atoms with van der Waals surface area (Å²) in [6, 6.07) is 16.4. The first-order chi connectivity index (χ1) is 9.69. The van der Waals surface area contributed by atoms with Crippen molar-refractivity contribution in [2.45, 2.75) is 25.8 Å². The van der Waals surface area contributed by atoms with Crippen molar-refractivity contribution < 1.29 is 0 Å². The van der Waals surface area contributed by atoms with Gasteiger partial charge in [-0.3, -0.25) is 0 Å². The maximum Gasteiger partial charge on any atom is 0.0438 e. The van der Waals surface area contributed by atoms with E-state index in [9.17, 15) is 0 Å². The molecule has 0 saturated heterocycles. The van der Waals surface area contributed by atoms with Crippen LogP contribution in [-0.2, 0) is 12.8 Å². The number of rotatable bonds is 6. The molecule has 1 unspecified atom stereocenters. The van der Waals surface area contributed by atoms with Gasteiger partial charge in [-0.05, 0) is 48.7 Å². The predicted octanol–water partition coefficient (Wildman–Crippen LogP) is 4.76. The fourth-order valence-corrected chi connectivity index (χ4v) is 2.81. The van der Waals surface area contributed by atoms with Crippen LogP contribution in [0.1, 0.15) is 18.1 Å². The van der Waals surface area contributed by atoms with Crippen LogP contribution in [0.4, 0.5) is 0 Å². The van der Waals surface area contributed by atoms with Gasteiger partial charge in [-0.25, -0.2) is 0 Å². The van der Waals surface area contributed by atoms with Gasteiger partial charge in [0, 0.05) is 16.1 Å². The Balaban J connectivity index is 2.09. The maximum atomic E-state index is 6.25. The Bertz CT molecular complexity index is 554. The molecule has 0 heterocycles. The van der Waals surface area contributed by atoms with Crippen molar-refractivity contribution in [1.82, 2.24) is 5.32 Å². The summed E-state index contributed by atoms with van der Waals surface area (Å²) in [4.78, 5) is 0. The third-order valence-corrected chi connectivity index (χ3v) is 3.89. The zero-order chi connectivity index (χ0) is 14.4. The Morgan fingerprint density at radius 3 is 2.50 bits per heavy atom. The highest BCUT2D eigenvalue weighted by Gasteiger charge is 2.11. The number of likely N-dealkylation sites (N-methyl/N-ethyl adjacent to an activating group) is 1. The molecular weight excluding hydrogens is 289 g/mol. The lowest BCUT2D eigenvalue weighted by atomic mass is 9.99. The van der Waals surface area contributed by atoms with Crippen LogP contribution in [0.2, 0.25) is 10.0 Å². The Morgan fingerprint density at radius 2 is 1.80 bits per heavy atom. The van der Waals surface area contributed by atoms with Crippen molar-refractivity contribution in [2.75, 3.05) is 6.54 Å². The van der Waals surface area contributed by atoms with Crippen molar-refractivity contribution in [3.05, 3.63) is 69.7 Å². The summed E-state index contributed by atoms with van der Waals surface area (Å²) >= 11 is 12.3. The highest BCUT2D eigenvalue weighted by atomic mass is 35.5. The summed E-state index contributed by atoms with van der Waals surface area (Å²) in [6.07, 6.45) is 1.86. The molecule has 0 aromatic heterocycles. The van der Waals surface area contributed by atoms with Gasteiger partial charge < -0.3 is 5.32 Å². The molecule has 1 atom stereocenters. The average molecular weight is 308 g/mol.